The molecule has 5 nitrogen and oxygen atoms in total. The molecule has 0 amide bonds. The van der Waals surface area contributed by atoms with Gasteiger partial charge in [0.15, 0.2) is 11.5 Å². The molecule has 0 spiro atoms. The summed E-state index contributed by atoms with van der Waals surface area (Å²) >= 11 is 0. The molecule has 21 heavy (non-hydrogen) atoms. The van der Waals surface area contributed by atoms with Crippen molar-refractivity contribution in [2.45, 2.75) is 18.9 Å². The first-order chi connectivity index (χ1) is 9.79. The van der Waals surface area contributed by atoms with Gasteiger partial charge in [-0.15, -0.1) is 0 Å². The standard InChI is InChI=1S/C13H16F3NO4/c1-4-21-12(18)13(15,16)11(17)7-5-9(19-2)10(20-3)6-8(7)14/h5-6,11H,4,17H2,1-3H3/t11-/m0/s1. The summed E-state index contributed by atoms with van der Waals surface area (Å²) in [5, 5.41) is 0. The van der Waals surface area contributed by atoms with Crippen LogP contribution in [0.3, 0.4) is 0 Å². The third-order valence-electron chi connectivity index (χ3n) is 2.78. The molecule has 0 aliphatic carbocycles. The summed E-state index contributed by atoms with van der Waals surface area (Å²) in [5.74, 6) is -6.89. The molecular weight excluding hydrogens is 291 g/mol. The van der Waals surface area contributed by atoms with Gasteiger partial charge in [0.1, 0.15) is 11.9 Å². The Kier molecular flexibility index (Phi) is 5.42. The van der Waals surface area contributed by atoms with E-state index >= 15 is 0 Å². The Morgan fingerprint density at radius 2 is 1.81 bits per heavy atom. The molecule has 118 valence electrons. The molecule has 1 atom stereocenters. The van der Waals surface area contributed by atoms with Crippen LogP contribution in [0.25, 0.3) is 0 Å². The van der Waals surface area contributed by atoms with Gasteiger partial charge >= 0.3 is 11.9 Å². The van der Waals surface area contributed by atoms with Crippen LogP contribution in [0.2, 0.25) is 0 Å². The molecule has 0 saturated carbocycles. The highest BCUT2D eigenvalue weighted by Crippen LogP contribution is 2.37. The maximum atomic E-state index is 13.9. The summed E-state index contributed by atoms with van der Waals surface area (Å²) in [6.07, 6.45) is 0. The number of rotatable bonds is 6. The molecule has 0 aliphatic heterocycles. The fraction of sp³-hybridized carbons (Fsp3) is 0.462. The second-order valence-electron chi connectivity index (χ2n) is 4.05. The first kappa shape index (κ1) is 17.1. The Morgan fingerprint density at radius 3 is 2.29 bits per heavy atom. The van der Waals surface area contributed by atoms with Gasteiger partial charge in [-0.05, 0) is 13.0 Å². The second-order valence-corrected chi connectivity index (χ2v) is 4.05. The van der Waals surface area contributed by atoms with E-state index in [-0.39, 0.29) is 18.1 Å². The van der Waals surface area contributed by atoms with Crippen molar-refractivity contribution in [1.29, 1.82) is 0 Å². The summed E-state index contributed by atoms with van der Waals surface area (Å²) < 4.78 is 55.5. The summed E-state index contributed by atoms with van der Waals surface area (Å²) in [6, 6.07) is -0.391. The van der Waals surface area contributed by atoms with Crippen LogP contribution in [-0.2, 0) is 9.53 Å². The number of methoxy groups -OCH3 is 2. The van der Waals surface area contributed by atoms with Crippen molar-refractivity contribution in [3.05, 3.63) is 23.5 Å². The molecule has 0 bridgehead atoms. The highest BCUT2D eigenvalue weighted by molar-refractivity contribution is 5.79. The molecule has 0 aliphatic rings. The lowest BCUT2D eigenvalue weighted by molar-refractivity contribution is -0.174. The smallest absolute Gasteiger partial charge is 0.379 e. The van der Waals surface area contributed by atoms with Crippen LogP contribution in [0.1, 0.15) is 18.5 Å². The van der Waals surface area contributed by atoms with E-state index in [1.807, 2.05) is 0 Å². The summed E-state index contributed by atoms with van der Waals surface area (Å²) in [7, 11) is 2.53. The van der Waals surface area contributed by atoms with Gasteiger partial charge in [0, 0.05) is 11.6 Å². The molecule has 0 heterocycles. The van der Waals surface area contributed by atoms with Crippen LogP contribution in [0.4, 0.5) is 13.2 Å². The van der Waals surface area contributed by atoms with Gasteiger partial charge in [-0.3, -0.25) is 0 Å². The maximum absolute atomic E-state index is 13.9. The highest BCUT2D eigenvalue weighted by atomic mass is 19.3. The van der Waals surface area contributed by atoms with Gasteiger partial charge in [-0.25, -0.2) is 9.18 Å². The first-order valence-corrected chi connectivity index (χ1v) is 6.01. The minimum absolute atomic E-state index is 0.0176. The fourth-order valence-corrected chi connectivity index (χ4v) is 1.66. The van der Waals surface area contributed by atoms with Gasteiger partial charge in [-0.1, -0.05) is 0 Å². The minimum Gasteiger partial charge on any atom is -0.493 e. The monoisotopic (exact) mass is 307 g/mol. The van der Waals surface area contributed by atoms with Gasteiger partial charge < -0.3 is 19.9 Å². The Hall–Kier alpha value is -1.96. The topological polar surface area (TPSA) is 70.8 Å². The zero-order valence-corrected chi connectivity index (χ0v) is 11.8. The number of carbonyl (C=O) groups excluding carboxylic acids is 1. The predicted molar refractivity (Wildman–Crippen MR) is 68.0 cm³/mol. The molecular formula is C13H16F3NO4. The van der Waals surface area contributed by atoms with Crippen LogP contribution in [0, 0.1) is 5.82 Å². The average Bonchev–Trinajstić information content (AvgIpc) is 2.46. The van der Waals surface area contributed by atoms with Crippen molar-refractivity contribution in [2.75, 3.05) is 20.8 Å². The first-order valence-electron chi connectivity index (χ1n) is 6.01. The molecule has 0 saturated heterocycles. The zero-order valence-electron chi connectivity index (χ0n) is 11.8. The van der Waals surface area contributed by atoms with Gasteiger partial charge in [-0.2, -0.15) is 8.78 Å². The molecule has 8 heteroatoms. The van der Waals surface area contributed by atoms with Crippen molar-refractivity contribution >= 4 is 5.97 Å². The molecule has 0 fully saturated rings. The lowest BCUT2D eigenvalue weighted by Gasteiger charge is -2.23. The largest absolute Gasteiger partial charge is 0.493 e. The maximum Gasteiger partial charge on any atom is 0.379 e. The van der Waals surface area contributed by atoms with E-state index in [4.69, 9.17) is 15.2 Å². The van der Waals surface area contributed by atoms with Crippen molar-refractivity contribution in [3.8, 4) is 11.5 Å². The van der Waals surface area contributed by atoms with E-state index in [9.17, 15) is 18.0 Å². The average molecular weight is 307 g/mol. The van der Waals surface area contributed by atoms with E-state index < -0.39 is 29.3 Å². The Bertz CT molecular complexity index is 522. The third kappa shape index (κ3) is 3.38. The number of halogens is 3. The Labute approximate surface area is 119 Å². The number of hydrogen-bond acceptors (Lipinski definition) is 5. The lowest BCUT2D eigenvalue weighted by atomic mass is 10.00. The lowest BCUT2D eigenvalue weighted by Crippen LogP contribution is -2.42. The number of carbonyl (C=O) groups is 1. The number of ether oxygens (including phenoxy) is 3. The van der Waals surface area contributed by atoms with Crippen molar-refractivity contribution < 1.29 is 32.2 Å². The van der Waals surface area contributed by atoms with E-state index in [0.29, 0.717) is 0 Å². The van der Waals surface area contributed by atoms with Gasteiger partial charge in [0.05, 0.1) is 20.8 Å². The Morgan fingerprint density at radius 1 is 1.29 bits per heavy atom. The number of alkyl halides is 2. The summed E-state index contributed by atoms with van der Waals surface area (Å²) in [4.78, 5) is 11.2. The van der Waals surface area contributed by atoms with Crippen LogP contribution >= 0.6 is 0 Å². The van der Waals surface area contributed by atoms with Crippen LogP contribution in [0.5, 0.6) is 11.5 Å². The molecule has 2 N–H and O–H groups in total. The van der Waals surface area contributed by atoms with Crippen LogP contribution < -0.4 is 15.2 Å². The van der Waals surface area contributed by atoms with E-state index in [0.717, 1.165) is 12.1 Å². The van der Waals surface area contributed by atoms with Crippen molar-refractivity contribution in [2.24, 2.45) is 5.73 Å². The number of esters is 1. The normalized spacial score (nSPS) is 12.7. The van der Waals surface area contributed by atoms with Gasteiger partial charge in [0.25, 0.3) is 0 Å². The minimum atomic E-state index is -4.07. The molecule has 0 unspecified atom stereocenters. The fourth-order valence-electron chi connectivity index (χ4n) is 1.66. The van der Waals surface area contributed by atoms with Crippen molar-refractivity contribution in [3.63, 3.8) is 0 Å². The molecule has 1 aromatic rings. The SMILES string of the molecule is CCOC(=O)C(F)(F)[C@@H](N)c1cc(OC)c(OC)cc1F. The molecule has 1 rings (SSSR count). The van der Waals surface area contributed by atoms with Crippen molar-refractivity contribution in [1.82, 2.24) is 0 Å². The van der Waals surface area contributed by atoms with E-state index in [1.54, 1.807) is 0 Å². The molecule has 0 radical (unpaired) electrons. The highest BCUT2D eigenvalue weighted by Gasteiger charge is 2.48. The molecule has 0 aromatic heterocycles. The van der Waals surface area contributed by atoms with Crippen LogP contribution in [-0.4, -0.2) is 32.7 Å². The molecule has 1 aromatic carbocycles. The van der Waals surface area contributed by atoms with Crippen LogP contribution in [0.15, 0.2) is 12.1 Å². The number of nitrogens with two attached hydrogens (primary N) is 1. The summed E-state index contributed by atoms with van der Waals surface area (Å²) in [5.41, 5.74) is 4.75. The summed E-state index contributed by atoms with van der Waals surface area (Å²) in [6.45, 7) is 1.13. The van der Waals surface area contributed by atoms with Gasteiger partial charge in [0.2, 0.25) is 0 Å². The second kappa shape index (κ2) is 6.66. The number of hydrogen-bond donors (Lipinski definition) is 1. The zero-order chi connectivity index (χ0) is 16.2. The third-order valence-corrected chi connectivity index (χ3v) is 2.78. The van der Waals surface area contributed by atoms with E-state index in [1.165, 1.54) is 21.1 Å². The Balaban J connectivity index is 3.23. The van der Waals surface area contributed by atoms with E-state index in [2.05, 4.69) is 4.74 Å². The predicted octanol–water partition coefficient (Wildman–Crippen LogP) is 2.04. The quantitative estimate of drug-likeness (QED) is 0.814. The number of benzene rings is 1.